The third-order valence-corrected chi connectivity index (χ3v) is 5.78. The Morgan fingerprint density at radius 1 is 1.18 bits per heavy atom. The molecule has 0 aromatic carbocycles. The molecular weight excluding hydrogens is 312 g/mol. The van der Waals surface area contributed by atoms with Gasteiger partial charge in [-0.15, -0.1) is 11.3 Å². The molecule has 2 aromatic heterocycles. The van der Waals surface area contributed by atoms with E-state index in [0.29, 0.717) is 12.6 Å². The number of nitrogens with zero attached hydrogens (tertiary/aromatic N) is 1. The number of hydrogen-bond acceptors (Lipinski definition) is 4. The van der Waals surface area contributed by atoms with E-state index in [2.05, 4.69) is 27.0 Å². The molecule has 0 saturated carbocycles. The van der Waals surface area contributed by atoms with Crippen LogP contribution >= 0.6 is 22.7 Å². The maximum absolute atomic E-state index is 12.2. The maximum atomic E-state index is 12.2. The average Bonchev–Trinajstić information content (AvgIpc) is 3.18. The summed E-state index contributed by atoms with van der Waals surface area (Å²) in [5.41, 5.74) is 1.33. The van der Waals surface area contributed by atoms with E-state index in [9.17, 15) is 4.79 Å². The highest BCUT2D eigenvalue weighted by Crippen LogP contribution is 2.25. The van der Waals surface area contributed by atoms with Crippen LogP contribution in [0.25, 0.3) is 0 Å². The minimum Gasteiger partial charge on any atom is -0.349 e. The molecule has 3 nitrogen and oxygen atoms in total. The first kappa shape index (κ1) is 15.7. The molecule has 1 amide bonds. The SMILES string of the molecule is O=C(NC[C@@H](c1ccsc1)N1CCCCCC1)c1cccs1. The van der Waals surface area contributed by atoms with E-state index in [4.69, 9.17) is 0 Å². The third kappa shape index (κ3) is 3.97. The van der Waals surface area contributed by atoms with Gasteiger partial charge in [-0.3, -0.25) is 9.69 Å². The molecule has 1 aliphatic heterocycles. The number of thiophene rings is 2. The Hall–Kier alpha value is -1.17. The first-order valence-corrected chi connectivity index (χ1v) is 9.74. The highest BCUT2D eigenvalue weighted by atomic mass is 32.1. The fourth-order valence-corrected chi connectivity index (χ4v) is 4.36. The van der Waals surface area contributed by atoms with Gasteiger partial charge in [0, 0.05) is 6.54 Å². The summed E-state index contributed by atoms with van der Waals surface area (Å²) in [6, 6.07) is 6.29. The maximum Gasteiger partial charge on any atom is 0.261 e. The first-order valence-electron chi connectivity index (χ1n) is 7.92. The molecule has 1 aliphatic rings. The Bertz CT molecular complexity index is 558. The van der Waals surface area contributed by atoms with Crippen LogP contribution in [0.5, 0.6) is 0 Å². The van der Waals surface area contributed by atoms with Crippen LogP contribution in [-0.4, -0.2) is 30.4 Å². The largest absolute Gasteiger partial charge is 0.349 e. The van der Waals surface area contributed by atoms with Crippen LogP contribution in [-0.2, 0) is 0 Å². The molecule has 1 atom stereocenters. The second kappa shape index (κ2) is 7.90. The van der Waals surface area contributed by atoms with Crippen LogP contribution in [0.1, 0.15) is 47.0 Å². The zero-order valence-corrected chi connectivity index (χ0v) is 14.3. The predicted molar refractivity (Wildman–Crippen MR) is 93.8 cm³/mol. The first-order chi connectivity index (χ1) is 10.8. The van der Waals surface area contributed by atoms with E-state index >= 15 is 0 Å². The van der Waals surface area contributed by atoms with Gasteiger partial charge in [-0.1, -0.05) is 18.9 Å². The monoisotopic (exact) mass is 334 g/mol. The summed E-state index contributed by atoms with van der Waals surface area (Å²) in [6.45, 7) is 2.96. The Balaban J connectivity index is 1.67. The quantitative estimate of drug-likeness (QED) is 0.890. The van der Waals surface area contributed by atoms with Crippen molar-refractivity contribution in [3.8, 4) is 0 Å². The van der Waals surface area contributed by atoms with E-state index in [-0.39, 0.29) is 5.91 Å². The summed E-state index contributed by atoms with van der Waals surface area (Å²) in [7, 11) is 0. The van der Waals surface area contributed by atoms with E-state index in [0.717, 1.165) is 18.0 Å². The van der Waals surface area contributed by atoms with Gasteiger partial charge in [0.15, 0.2) is 0 Å². The average molecular weight is 335 g/mol. The fourth-order valence-electron chi connectivity index (χ4n) is 3.01. The van der Waals surface area contributed by atoms with Crippen molar-refractivity contribution in [3.63, 3.8) is 0 Å². The van der Waals surface area contributed by atoms with Gasteiger partial charge in [0.2, 0.25) is 0 Å². The van der Waals surface area contributed by atoms with Crippen molar-refractivity contribution in [3.05, 3.63) is 44.8 Å². The molecule has 1 N–H and O–H groups in total. The van der Waals surface area contributed by atoms with Crippen molar-refractivity contribution in [1.29, 1.82) is 0 Å². The highest BCUT2D eigenvalue weighted by Gasteiger charge is 2.22. The number of carbonyl (C=O) groups excluding carboxylic acids is 1. The second-order valence-corrected chi connectivity index (χ2v) is 7.44. The normalized spacial score (nSPS) is 17.8. The van der Waals surface area contributed by atoms with Gasteiger partial charge in [-0.2, -0.15) is 11.3 Å². The van der Waals surface area contributed by atoms with Crippen LogP contribution in [0.3, 0.4) is 0 Å². The standard InChI is InChI=1S/C17H22N2OS2/c20-17(16-6-5-10-22-16)18-12-15(14-7-11-21-13-14)19-8-3-1-2-4-9-19/h5-7,10-11,13,15H,1-4,8-9,12H2,(H,18,20)/t15-/m0/s1. The molecule has 0 bridgehead atoms. The van der Waals surface area contributed by atoms with Crippen molar-refractivity contribution in [2.45, 2.75) is 31.7 Å². The molecule has 0 radical (unpaired) electrons. The number of hydrogen-bond donors (Lipinski definition) is 1. The summed E-state index contributed by atoms with van der Waals surface area (Å²) < 4.78 is 0. The topological polar surface area (TPSA) is 32.3 Å². The number of carbonyl (C=O) groups is 1. The van der Waals surface area contributed by atoms with Crippen LogP contribution < -0.4 is 5.32 Å². The van der Waals surface area contributed by atoms with Gasteiger partial charge in [-0.25, -0.2) is 0 Å². The van der Waals surface area contributed by atoms with Crippen LogP contribution in [0, 0.1) is 0 Å². The molecule has 0 aliphatic carbocycles. The second-order valence-electron chi connectivity index (χ2n) is 5.71. The number of amides is 1. The lowest BCUT2D eigenvalue weighted by Gasteiger charge is -2.30. The lowest BCUT2D eigenvalue weighted by atomic mass is 10.1. The van der Waals surface area contributed by atoms with Gasteiger partial charge < -0.3 is 5.32 Å². The fraction of sp³-hybridized carbons (Fsp3) is 0.471. The molecular formula is C17H22N2OS2. The van der Waals surface area contributed by atoms with Crippen LogP contribution in [0.2, 0.25) is 0 Å². The third-order valence-electron chi connectivity index (χ3n) is 4.21. The smallest absolute Gasteiger partial charge is 0.261 e. The molecule has 0 spiro atoms. The Morgan fingerprint density at radius 3 is 2.64 bits per heavy atom. The van der Waals surface area contributed by atoms with E-state index in [1.807, 2.05) is 17.5 Å². The summed E-state index contributed by atoms with van der Waals surface area (Å²) in [5.74, 6) is 0.0463. The molecule has 5 heteroatoms. The molecule has 3 rings (SSSR count). The number of nitrogens with one attached hydrogen (secondary N) is 1. The van der Waals surface area contributed by atoms with Crippen LogP contribution in [0.15, 0.2) is 34.3 Å². The lowest BCUT2D eigenvalue weighted by Crippen LogP contribution is -2.38. The van der Waals surface area contributed by atoms with Crippen molar-refractivity contribution in [1.82, 2.24) is 10.2 Å². The van der Waals surface area contributed by atoms with Crippen LogP contribution in [0.4, 0.5) is 0 Å². The molecule has 0 unspecified atom stereocenters. The van der Waals surface area contributed by atoms with Gasteiger partial charge >= 0.3 is 0 Å². The Kier molecular flexibility index (Phi) is 5.64. The lowest BCUT2D eigenvalue weighted by molar-refractivity contribution is 0.0937. The van der Waals surface area contributed by atoms with Crippen molar-refractivity contribution in [2.24, 2.45) is 0 Å². The van der Waals surface area contributed by atoms with Gasteiger partial charge in [0.1, 0.15) is 0 Å². The van der Waals surface area contributed by atoms with Gasteiger partial charge in [0.05, 0.1) is 10.9 Å². The Labute approximate surface area is 140 Å². The summed E-state index contributed by atoms with van der Waals surface area (Å²) in [4.78, 5) is 15.6. The summed E-state index contributed by atoms with van der Waals surface area (Å²) in [6.07, 6.45) is 5.18. The van der Waals surface area contributed by atoms with Crippen molar-refractivity contribution in [2.75, 3.05) is 19.6 Å². The molecule has 118 valence electrons. The molecule has 1 fully saturated rings. The molecule has 22 heavy (non-hydrogen) atoms. The minimum absolute atomic E-state index is 0.0463. The summed E-state index contributed by atoms with van der Waals surface area (Å²) in [5, 5.41) is 9.41. The van der Waals surface area contributed by atoms with Gasteiger partial charge in [0.25, 0.3) is 5.91 Å². The molecule has 1 saturated heterocycles. The predicted octanol–water partition coefficient (Wildman–Crippen LogP) is 4.16. The van der Waals surface area contributed by atoms with Crippen molar-refractivity contribution >= 4 is 28.6 Å². The van der Waals surface area contributed by atoms with Gasteiger partial charge in [-0.05, 0) is 59.8 Å². The van der Waals surface area contributed by atoms with Crippen molar-refractivity contribution < 1.29 is 4.79 Å². The zero-order valence-electron chi connectivity index (χ0n) is 12.7. The van der Waals surface area contributed by atoms with E-state index in [1.54, 1.807) is 11.3 Å². The van der Waals surface area contributed by atoms with E-state index in [1.165, 1.54) is 42.6 Å². The molecule has 2 aromatic rings. The Morgan fingerprint density at radius 2 is 2.00 bits per heavy atom. The van der Waals surface area contributed by atoms with E-state index < -0.39 is 0 Å². The number of likely N-dealkylation sites (tertiary alicyclic amines) is 1. The summed E-state index contributed by atoms with van der Waals surface area (Å²) >= 11 is 3.23. The number of rotatable bonds is 5. The zero-order chi connectivity index (χ0) is 15.2. The molecule has 3 heterocycles. The minimum atomic E-state index is 0.0463. The highest BCUT2D eigenvalue weighted by molar-refractivity contribution is 7.12.